The number of rotatable bonds is 5. The van der Waals surface area contributed by atoms with Crippen LogP contribution in [0, 0.1) is 0 Å². The molecule has 6 heteroatoms. The second kappa shape index (κ2) is 6.70. The summed E-state index contributed by atoms with van der Waals surface area (Å²) >= 11 is 1.63. The molecular weight excluding hydrogens is 250 g/mol. The number of carbonyl (C=O) groups excluding carboxylic acids is 1. The first-order valence-electron chi connectivity index (χ1n) is 6.33. The quantitative estimate of drug-likeness (QED) is 0.878. The number of hydrogen-bond acceptors (Lipinski definition) is 5. The summed E-state index contributed by atoms with van der Waals surface area (Å²) in [6.07, 6.45) is 1.46. The monoisotopic (exact) mass is 269 g/mol. The van der Waals surface area contributed by atoms with Crippen LogP contribution in [0.5, 0.6) is 0 Å². The number of amides is 1. The Morgan fingerprint density at radius 3 is 3.06 bits per heavy atom. The van der Waals surface area contributed by atoms with Gasteiger partial charge in [-0.15, -0.1) is 11.3 Å². The molecule has 18 heavy (non-hydrogen) atoms. The molecule has 1 N–H and O–H groups in total. The highest BCUT2D eigenvalue weighted by atomic mass is 32.1. The number of carbonyl (C=O) groups is 1. The molecule has 0 unspecified atom stereocenters. The molecule has 1 aliphatic heterocycles. The Labute approximate surface area is 111 Å². The topological polar surface area (TPSA) is 54.5 Å². The van der Waals surface area contributed by atoms with Crippen molar-refractivity contribution in [2.75, 3.05) is 31.2 Å². The highest BCUT2D eigenvalue weighted by molar-refractivity contribution is 7.13. The molecule has 5 nitrogen and oxygen atoms in total. The van der Waals surface area contributed by atoms with E-state index in [1.165, 1.54) is 0 Å². The van der Waals surface area contributed by atoms with Crippen molar-refractivity contribution < 1.29 is 9.53 Å². The Kier molecular flexibility index (Phi) is 4.95. The first kappa shape index (κ1) is 13.3. The summed E-state index contributed by atoms with van der Waals surface area (Å²) in [4.78, 5) is 18.1. The number of nitrogens with one attached hydrogen (secondary N) is 1. The molecule has 1 saturated heterocycles. The summed E-state index contributed by atoms with van der Waals surface area (Å²) in [7, 11) is 0. The fourth-order valence-electron chi connectivity index (χ4n) is 1.78. The number of thiazole rings is 1. The molecule has 0 aliphatic carbocycles. The van der Waals surface area contributed by atoms with Crippen molar-refractivity contribution in [3.8, 4) is 0 Å². The zero-order chi connectivity index (χ0) is 12.8. The van der Waals surface area contributed by atoms with Gasteiger partial charge in [0.2, 0.25) is 5.91 Å². The maximum Gasteiger partial charge on any atom is 0.220 e. The second-order valence-electron chi connectivity index (χ2n) is 4.25. The standard InChI is InChI=1S/C12H19N3O2S/c1-2-3-11(16)13-8-10-9-18-12(14-10)15-4-6-17-7-5-15/h9H,2-8H2,1H3,(H,13,16). The van der Waals surface area contributed by atoms with Crippen LogP contribution in [0.15, 0.2) is 5.38 Å². The van der Waals surface area contributed by atoms with Crippen LogP contribution in [-0.4, -0.2) is 37.2 Å². The number of nitrogens with zero attached hydrogens (tertiary/aromatic N) is 2. The van der Waals surface area contributed by atoms with Gasteiger partial charge in [-0.25, -0.2) is 4.98 Å². The predicted molar refractivity (Wildman–Crippen MR) is 71.9 cm³/mol. The molecule has 1 amide bonds. The lowest BCUT2D eigenvalue weighted by Crippen LogP contribution is -2.36. The van der Waals surface area contributed by atoms with Crippen molar-refractivity contribution in [2.24, 2.45) is 0 Å². The lowest BCUT2D eigenvalue weighted by molar-refractivity contribution is -0.121. The van der Waals surface area contributed by atoms with Gasteiger partial charge in [0.15, 0.2) is 5.13 Å². The van der Waals surface area contributed by atoms with E-state index in [4.69, 9.17) is 4.74 Å². The average molecular weight is 269 g/mol. The highest BCUT2D eigenvalue weighted by Crippen LogP contribution is 2.21. The third-order valence-corrected chi connectivity index (χ3v) is 3.72. The van der Waals surface area contributed by atoms with E-state index in [-0.39, 0.29) is 5.91 Å². The minimum atomic E-state index is 0.0958. The van der Waals surface area contributed by atoms with Crippen molar-refractivity contribution >= 4 is 22.4 Å². The van der Waals surface area contributed by atoms with Crippen molar-refractivity contribution in [2.45, 2.75) is 26.3 Å². The molecule has 0 atom stereocenters. The largest absolute Gasteiger partial charge is 0.378 e. The van der Waals surface area contributed by atoms with Crippen LogP contribution in [-0.2, 0) is 16.1 Å². The van der Waals surface area contributed by atoms with Gasteiger partial charge in [-0.2, -0.15) is 0 Å². The summed E-state index contributed by atoms with van der Waals surface area (Å²) in [6.45, 7) is 5.85. The Morgan fingerprint density at radius 2 is 2.33 bits per heavy atom. The van der Waals surface area contributed by atoms with Gasteiger partial charge in [0.25, 0.3) is 0 Å². The lowest BCUT2D eigenvalue weighted by Gasteiger charge is -2.26. The number of hydrogen-bond donors (Lipinski definition) is 1. The molecule has 2 rings (SSSR count). The van der Waals surface area contributed by atoms with Crippen LogP contribution in [0.1, 0.15) is 25.5 Å². The van der Waals surface area contributed by atoms with E-state index in [1.54, 1.807) is 11.3 Å². The predicted octanol–water partition coefficient (Wildman–Crippen LogP) is 1.40. The molecule has 1 aromatic rings. The van der Waals surface area contributed by atoms with Crippen LogP contribution < -0.4 is 10.2 Å². The van der Waals surface area contributed by atoms with Crippen molar-refractivity contribution in [1.82, 2.24) is 10.3 Å². The van der Waals surface area contributed by atoms with E-state index < -0.39 is 0 Å². The van der Waals surface area contributed by atoms with Gasteiger partial charge in [-0.1, -0.05) is 6.92 Å². The van der Waals surface area contributed by atoms with Crippen molar-refractivity contribution in [1.29, 1.82) is 0 Å². The van der Waals surface area contributed by atoms with E-state index in [1.807, 2.05) is 12.3 Å². The Morgan fingerprint density at radius 1 is 1.56 bits per heavy atom. The summed E-state index contributed by atoms with van der Waals surface area (Å²) in [5, 5.41) is 5.92. The average Bonchev–Trinajstić information content (AvgIpc) is 2.87. The van der Waals surface area contributed by atoms with Crippen LogP contribution in [0.25, 0.3) is 0 Å². The van der Waals surface area contributed by atoms with Gasteiger partial charge >= 0.3 is 0 Å². The minimum Gasteiger partial charge on any atom is -0.378 e. The fraction of sp³-hybridized carbons (Fsp3) is 0.667. The number of anilines is 1. The van der Waals surface area contributed by atoms with E-state index >= 15 is 0 Å². The van der Waals surface area contributed by atoms with Gasteiger partial charge in [0.1, 0.15) is 0 Å². The Bertz CT molecular complexity index is 388. The Balaban J connectivity index is 1.83. The van der Waals surface area contributed by atoms with Crippen molar-refractivity contribution in [3.63, 3.8) is 0 Å². The Hall–Kier alpha value is -1.14. The molecule has 2 heterocycles. The van der Waals surface area contributed by atoms with Gasteiger partial charge in [-0.05, 0) is 6.42 Å². The molecular formula is C12H19N3O2S. The van der Waals surface area contributed by atoms with Crippen LogP contribution in [0.3, 0.4) is 0 Å². The molecule has 100 valence electrons. The number of morpholine rings is 1. The SMILES string of the molecule is CCCC(=O)NCc1csc(N2CCOCC2)n1. The minimum absolute atomic E-state index is 0.0958. The number of ether oxygens (including phenoxy) is 1. The molecule has 0 spiro atoms. The summed E-state index contributed by atoms with van der Waals surface area (Å²) < 4.78 is 5.31. The first-order valence-corrected chi connectivity index (χ1v) is 7.21. The summed E-state index contributed by atoms with van der Waals surface area (Å²) in [5.41, 5.74) is 0.936. The van der Waals surface area contributed by atoms with Crippen LogP contribution >= 0.6 is 11.3 Å². The van der Waals surface area contributed by atoms with E-state index in [0.717, 1.165) is 43.5 Å². The summed E-state index contributed by atoms with van der Waals surface area (Å²) in [5.74, 6) is 0.0958. The third-order valence-electron chi connectivity index (χ3n) is 2.76. The summed E-state index contributed by atoms with van der Waals surface area (Å²) in [6, 6.07) is 0. The smallest absolute Gasteiger partial charge is 0.220 e. The number of aromatic nitrogens is 1. The van der Waals surface area contributed by atoms with Gasteiger partial charge in [0.05, 0.1) is 25.5 Å². The highest BCUT2D eigenvalue weighted by Gasteiger charge is 2.14. The molecule has 1 aliphatic rings. The first-order chi connectivity index (χ1) is 8.79. The van der Waals surface area contributed by atoms with Crippen LogP contribution in [0.4, 0.5) is 5.13 Å². The molecule has 0 radical (unpaired) electrons. The van der Waals surface area contributed by atoms with Gasteiger partial charge < -0.3 is 15.0 Å². The van der Waals surface area contributed by atoms with Gasteiger partial charge in [-0.3, -0.25) is 4.79 Å². The van der Waals surface area contributed by atoms with Crippen molar-refractivity contribution in [3.05, 3.63) is 11.1 Å². The normalized spacial score (nSPS) is 15.7. The third kappa shape index (κ3) is 3.68. The molecule has 0 bridgehead atoms. The fourth-order valence-corrected chi connectivity index (χ4v) is 2.66. The van der Waals surface area contributed by atoms with E-state index in [0.29, 0.717) is 13.0 Å². The molecule has 0 saturated carbocycles. The molecule has 1 fully saturated rings. The lowest BCUT2D eigenvalue weighted by atomic mass is 10.3. The molecule has 1 aromatic heterocycles. The van der Waals surface area contributed by atoms with E-state index in [2.05, 4.69) is 15.2 Å². The second-order valence-corrected chi connectivity index (χ2v) is 5.08. The molecule has 0 aromatic carbocycles. The van der Waals surface area contributed by atoms with Crippen LogP contribution in [0.2, 0.25) is 0 Å². The van der Waals surface area contributed by atoms with Gasteiger partial charge in [0, 0.05) is 24.9 Å². The zero-order valence-corrected chi connectivity index (χ0v) is 11.5. The maximum atomic E-state index is 11.4. The van der Waals surface area contributed by atoms with E-state index in [9.17, 15) is 4.79 Å². The zero-order valence-electron chi connectivity index (χ0n) is 10.6. The maximum absolute atomic E-state index is 11.4.